The highest BCUT2D eigenvalue weighted by atomic mass is 16.6. The number of nitro groups is 1. The Kier molecular flexibility index (Phi) is 6.58. The van der Waals surface area contributed by atoms with Crippen molar-refractivity contribution in [3.8, 4) is 5.75 Å². The van der Waals surface area contributed by atoms with Gasteiger partial charge in [-0.05, 0) is 47.9 Å². The van der Waals surface area contributed by atoms with Crippen LogP contribution < -0.4 is 19.9 Å². The molecule has 2 heterocycles. The van der Waals surface area contributed by atoms with Crippen LogP contribution in [0.15, 0.2) is 54.9 Å². The van der Waals surface area contributed by atoms with Crippen molar-refractivity contribution in [3.63, 3.8) is 0 Å². The molecular formula is C24H28N6O3. The summed E-state index contributed by atoms with van der Waals surface area (Å²) in [4.78, 5) is 24.3. The quantitative estimate of drug-likeness (QED) is 0.414. The maximum absolute atomic E-state index is 12.0. The molecule has 33 heavy (non-hydrogen) atoms. The van der Waals surface area contributed by atoms with Crippen molar-refractivity contribution in [3.05, 3.63) is 70.5 Å². The number of nitrogens with zero attached hydrogens (tertiary/aromatic N) is 5. The number of hydrogen-bond acceptors (Lipinski definition) is 8. The summed E-state index contributed by atoms with van der Waals surface area (Å²) in [6, 6.07) is 15.8. The van der Waals surface area contributed by atoms with Crippen LogP contribution in [0.4, 0.5) is 28.7 Å². The minimum atomic E-state index is -0.407. The molecule has 3 aromatic rings. The number of rotatable bonds is 7. The first-order valence-electron chi connectivity index (χ1n) is 11.0. The highest BCUT2D eigenvalue weighted by molar-refractivity contribution is 5.74. The minimum Gasteiger partial charge on any atom is -0.497 e. The lowest BCUT2D eigenvalue weighted by atomic mass is 10.0. The van der Waals surface area contributed by atoms with Gasteiger partial charge in [-0.2, -0.15) is 0 Å². The molecule has 9 nitrogen and oxygen atoms in total. The lowest BCUT2D eigenvalue weighted by Gasteiger charge is -2.36. The molecule has 1 aromatic heterocycles. The summed E-state index contributed by atoms with van der Waals surface area (Å²) >= 11 is 0. The SMILES string of the molecule is COc1ccc(N2CCN(c3ncnc(Nc4ccc(C(C)C)cc4)c3[N+](=O)[O-])CC2)cc1. The van der Waals surface area contributed by atoms with Crippen LogP contribution in [0.1, 0.15) is 25.3 Å². The monoisotopic (exact) mass is 448 g/mol. The van der Waals surface area contributed by atoms with E-state index in [0.717, 1.165) is 30.2 Å². The molecule has 0 amide bonds. The molecule has 1 aliphatic heterocycles. The van der Waals surface area contributed by atoms with Gasteiger partial charge < -0.3 is 19.9 Å². The van der Waals surface area contributed by atoms with Gasteiger partial charge in [0.1, 0.15) is 12.1 Å². The Morgan fingerprint density at radius 3 is 2.18 bits per heavy atom. The second-order valence-electron chi connectivity index (χ2n) is 8.23. The summed E-state index contributed by atoms with van der Waals surface area (Å²) in [6.45, 7) is 6.94. The molecule has 0 spiro atoms. The minimum absolute atomic E-state index is 0.108. The van der Waals surface area contributed by atoms with Crippen molar-refractivity contribution in [1.29, 1.82) is 0 Å². The van der Waals surface area contributed by atoms with Gasteiger partial charge in [-0.25, -0.2) is 9.97 Å². The van der Waals surface area contributed by atoms with E-state index in [2.05, 4.69) is 34.0 Å². The van der Waals surface area contributed by atoms with Gasteiger partial charge >= 0.3 is 5.69 Å². The summed E-state index contributed by atoms with van der Waals surface area (Å²) in [5, 5.41) is 15.1. The molecule has 1 fully saturated rings. The first kappa shape index (κ1) is 22.3. The van der Waals surface area contributed by atoms with E-state index < -0.39 is 4.92 Å². The van der Waals surface area contributed by atoms with Gasteiger partial charge in [-0.1, -0.05) is 26.0 Å². The van der Waals surface area contributed by atoms with E-state index in [1.807, 2.05) is 53.4 Å². The first-order chi connectivity index (χ1) is 16.0. The number of aromatic nitrogens is 2. The Bertz CT molecular complexity index is 1090. The van der Waals surface area contributed by atoms with Crippen LogP contribution >= 0.6 is 0 Å². The molecule has 9 heteroatoms. The van der Waals surface area contributed by atoms with Crippen molar-refractivity contribution in [2.45, 2.75) is 19.8 Å². The molecule has 0 bridgehead atoms. The molecule has 1 saturated heterocycles. The Labute approximate surface area is 193 Å². The highest BCUT2D eigenvalue weighted by Gasteiger charge is 2.29. The fourth-order valence-corrected chi connectivity index (χ4v) is 3.92. The predicted molar refractivity (Wildman–Crippen MR) is 130 cm³/mol. The molecule has 4 rings (SSSR count). The molecule has 0 aliphatic carbocycles. The van der Waals surface area contributed by atoms with Crippen LogP contribution in [0.3, 0.4) is 0 Å². The third-order valence-electron chi connectivity index (χ3n) is 5.84. The molecule has 0 radical (unpaired) electrons. The summed E-state index contributed by atoms with van der Waals surface area (Å²) in [6.07, 6.45) is 1.38. The largest absolute Gasteiger partial charge is 0.497 e. The number of benzene rings is 2. The Hall–Kier alpha value is -3.88. The summed E-state index contributed by atoms with van der Waals surface area (Å²) in [5.41, 5.74) is 2.94. The van der Waals surface area contributed by atoms with E-state index in [0.29, 0.717) is 24.8 Å². The van der Waals surface area contributed by atoms with E-state index in [-0.39, 0.29) is 11.5 Å². The second-order valence-corrected chi connectivity index (χ2v) is 8.23. The average Bonchev–Trinajstić information content (AvgIpc) is 2.84. The van der Waals surface area contributed by atoms with Crippen LogP contribution in [-0.4, -0.2) is 48.2 Å². The van der Waals surface area contributed by atoms with Crippen molar-refractivity contribution in [1.82, 2.24) is 9.97 Å². The van der Waals surface area contributed by atoms with Crippen molar-refractivity contribution >= 4 is 28.7 Å². The molecule has 172 valence electrons. The fraction of sp³-hybridized carbons (Fsp3) is 0.333. The van der Waals surface area contributed by atoms with Gasteiger partial charge in [0.25, 0.3) is 0 Å². The van der Waals surface area contributed by atoms with Crippen molar-refractivity contribution < 1.29 is 9.66 Å². The zero-order valence-electron chi connectivity index (χ0n) is 19.1. The van der Waals surface area contributed by atoms with E-state index in [9.17, 15) is 10.1 Å². The topological polar surface area (TPSA) is 96.7 Å². The molecule has 1 aliphatic rings. The van der Waals surface area contributed by atoms with Gasteiger partial charge in [0.15, 0.2) is 0 Å². The maximum Gasteiger partial charge on any atom is 0.353 e. The van der Waals surface area contributed by atoms with Gasteiger partial charge in [-0.3, -0.25) is 10.1 Å². The Morgan fingerprint density at radius 2 is 1.61 bits per heavy atom. The first-order valence-corrected chi connectivity index (χ1v) is 11.0. The molecule has 0 unspecified atom stereocenters. The molecule has 2 aromatic carbocycles. The third-order valence-corrected chi connectivity index (χ3v) is 5.84. The normalized spacial score (nSPS) is 13.8. The lowest BCUT2D eigenvalue weighted by molar-refractivity contribution is -0.383. The standard InChI is InChI=1S/C24H28N6O3/c1-17(2)18-4-6-19(7-5-18)27-23-22(30(31)32)24(26-16-25-23)29-14-12-28(13-15-29)20-8-10-21(33-3)11-9-20/h4-11,16-17H,12-15H2,1-3H3,(H,25,26,27). The molecule has 0 saturated carbocycles. The van der Waals surface area contributed by atoms with Crippen LogP contribution in [0.5, 0.6) is 5.75 Å². The van der Waals surface area contributed by atoms with Crippen molar-refractivity contribution in [2.24, 2.45) is 0 Å². The predicted octanol–water partition coefficient (Wildman–Crippen LogP) is 4.59. The van der Waals surface area contributed by atoms with Crippen molar-refractivity contribution in [2.75, 3.05) is 48.4 Å². The number of hydrogen-bond donors (Lipinski definition) is 1. The average molecular weight is 449 g/mol. The molecular weight excluding hydrogens is 420 g/mol. The number of ether oxygens (including phenoxy) is 1. The van der Waals surface area contributed by atoms with E-state index >= 15 is 0 Å². The van der Waals surface area contributed by atoms with E-state index in [1.54, 1.807) is 7.11 Å². The van der Waals surface area contributed by atoms with Crippen LogP contribution in [-0.2, 0) is 0 Å². The molecule has 1 N–H and O–H groups in total. The van der Waals surface area contributed by atoms with E-state index in [4.69, 9.17) is 4.74 Å². The van der Waals surface area contributed by atoms with E-state index in [1.165, 1.54) is 11.9 Å². The van der Waals surface area contributed by atoms with Gasteiger partial charge in [0.05, 0.1) is 12.0 Å². The Balaban J connectivity index is 1.51. The van der Waals surface area contributed by atoms with Crippen LogP contribution in [0.2, 0.25) is 0 Å². The zero-order valence-corrected chi connectivity index (χ0v) is 19.1. The summed E-state index contributed by atoms with van der Waals surface area (Å²) in [5.74, 6) is 1.76. The number of methoxy groups -OCH3 is 1. The lowest BCUT2D eigenvalue weighted by Crippen LogP contribution is -2.47. The van der Waals surface area contributed by atoms with Crippen LogP contribution in [0.25, 0.3) is 0 Å². The maximum atomic E-state index is 12.0. The third kappa shape index (κ3) is 4.97. The summed E-state index contributed by atoms with van der Waals surface area (Å²) in [7, 11) is 1.65. The fourth-order valence-electron chi connectivity index (χ4n) is 3.92. The molecule has 0 atom stereocenters. The highest BCUT2D eigenvalue weighted by Crippen LogP contribution is 2.34. The van der Waals surface area contributed by atoms with Gasteiger partial charge in [0.2, 0.25) is 11.6 Å². The van der Waals surface area contributed by atoms with Gasteiger partial charge in [0, 0.05) is 37.6 Å². The van der Waals surface area contributed by atoms with Crippen LogP contribution in [0, 0.1) is 10.1 Å². The number of anilines is 4. The Morgan fingerprint density at radius 1 is 0.970 bits per heavy atom. The second kappa shape index (κ2) is 9.72. The number of nitrogens with one attached hydrogen (secondary N) is 1. The number of piperazine rings is 1. The van der Waals surface area contributed by atoms with Gasteiger partial charge in [-0.15, -0.1) is 0 Å². The zero-order chi connectivity index (χ0) is 23.4. The summed E-state index contributed by atoms with van der Waals surface area (Å²) < 4.78 is 5.23. The smallest absolute Gasteiger partial charge is 0.353 e.